The lowest BCUT2D eigenvalue weighted by molar-refractivity contribution is 0.0521. The number of aliphatic hydroxyl groups excluding tert-OH is 1. The third-order valence-electron chi connectivity index (χ3n) is 7.35. The number of fused-ring (bicyclic) bond motifs is 2. The van der Waals surface area contributed by atoms with Crippen molar-refractivity contribution < 1.29 is 19.0 Å². The van der Waals surface area contributed by atoms with Gasteiger partial charge < -0.3 is 25.0 Å². The molecule has 3 aliphatic heterocycles. The summed E-state index contributed by atoms with van der Waals surface area (Å²) < 4.78 is 20.2. The van der Waals surface area contributed by atoms with E-state index >= 15 is 0 Å². The van der Waals surface area contributed by atoms with Gasteiger partial charge in [-0.1, -0.05) is 24.3 Å². The van der Waals surface area contributed by atoms with Crippen LogP contribution in [-0.2, 0) is 13.0 Å². The van der Waals surface area contributed by atoms with Gasteiger partial charge in [0.15, 0.2) is 0 Å². The van der Waals surface area contributed by atoms with E-state index in [0.29, 0.717) is 50.5 Å². The second kappa shape index (κ2) is 11.8. The van der Waals surface area contributed by atoms with E-state index in [2.05, 4.69) is 34.5 Å². The van der Waals surface area contributed by atoms with Crippen LogP contribution in [0.2, 0.25) is 0 Å². The quantitative estimate of drug-likeness (QED) is 0.612. The molecule has 3 heterocycles. The first-order valence-electron chi connectivity index (χ1n) is 12.6. The third-order valence-corrected chi connectivity index (χ3v) is 7.35. The molecule has 0 aromatic heterocycles. The first kappa shape index (κ1) is 26.7. The molecule has 2 aromatic rings. The summed E-state index contributed by atoms with van der Waals surface area (Å²) in [6.07, 6.45) is -0.558. The van der Waals surface area contributed by atoms with Gasteiger partial charge in [0.25, 0.3) is 5.91 Å². The highest BCUT2D eigenvalue weighted by Gasteiger charge is 2.30. The number of benzene rings is 2. The number of carbonyl (C=O) groups is 1. The van der Waals surface area contributed by atoms with Gasteiger partial charge in [-0.15, -0.1) is 12.4 Å². The van der Waals surface area contributed by atoms with E-state index in [1.165, 1.54) is 11.1 Å². The zero-order valence-corrected chi connectivity index (χ0v) is 21.6. The lowest BCUT2D eigenvalue weighted by Gasteiger charge is -2.32. The van der Waals surface area contributed by atoms with Gasteiger partial charge in [0.05, 0.1) is 17.4 Å². The summed E-state index contributed by atoms with van der Waals surface area (Å²) in [7, 11) is 1.95. The fourth-order valence-corrected chi connectivity index (χ4v) is 5.34. The van der Waals surface area contributed by atoms with Crippen molar-refractivity contribution in [1.82, 2.24) is 15.1 Å². The van der Waals surface area contributed by atoms with Crippen LogP contribution in [0.3, 0.4) is 0 Å². The van der Waals surface area contributed by atoms with E-state index < -0.39 is 18.4 Å². The maximum atomic E-state index is 14.2. The number of hydrogen-bond donors (Lipinski definition) is 2. The normalized spacial score (nSPS) is 23.2. The summed E-state index contributed by atoms with van der Waals surface area (Å²) in [6.45, 7) is 4.77. The molecule has 1 amide bonds. The average Bonchev–Trinajstić information content (AvgIpc) is 2.97. The number of alkyl halides is 1. The van der Waals surface area contributed by atoms with Crippen LogP contribution in [0.15, 0.2) is 42.5 Å². The van der Waals surface area contributed by atoms with Crippen LogP contribution in [0.1, 0.15) is 27.9 Å². The fraction of sp³-hybridized carbons (Fsp3) is 0.519. The summed E-state index contributed by atoms with van der Waals surface area (Å²) >= 11 is 0. The van der Waals surface area contributed by atoms with Crippen molar-refractivity contribution in [3.8, 4) is 5.75 Å². The standard InChI is InChI=1S/C27H35FN4O3.ClH/c1-30-12-13-32(18-21(33)17-31-11-9-19-4-2-3-5-20(19)16-31)27(34)23-7-6-22(14-25(23)30)35-26-8-10-29-15-24(26)28;/h2-7,14,21,24,26,29,33H,8-13,15-18H2,1H3;1H/t21-,24?,26?;/m1./s1. The third kappa shape index (κ3) is 5.94. The molecule has 196 valence electrons. The largest absolute Gasteiger partial charge is 0.487 e. The lowest BCUT2D eigenvalue weighted by Crippen LogP contribution is -2.44. The summed E-state index contributed by atoms with van der Waals surface area (Å²) in [6, 6.07) is 13.8. The molecule has 2 aromatic carbocycles. The molecular weight excluding hydrogens is 483 g/mol. The van der Waals surface area contributed by atoms with Gasteiger partial charge in [-0.3, -0.25) is 9.69 Å². The molecule has 1 saturated heterocycles. The van der Waals surface area contributed by atoms with Gasteiger partial charge in [0, 0.05) is 58.9 Å². The van der Waals surface area contributed by atoms with Gasteiger partial charge in [0.1, 0.15) is 18.0 Å². The molecule has 0 saturated carbocycles. The highest BCUT2D eigenvalue weighted by atomic mass is 35.5. The molecule has 2 unspecified atom stereocenters. The fourth-order valence-electron chi connectivity index (χ4n) is 5.34. The predicted molar refractivity (Wildman–Crippen MR) is 141 cm³/mol. The van der Waals surface area contributed by atoms with E-state index in [4.69, 9.17) is 4.74 Å². The number of nitrogens with zero attached hydrogens (tertiary/aromatic N) is 3. The maximum absolute atomic E-state index is 14.2. The molecule has 3 aliphatic rings. The number of ether oxygens (including phenoxy) is 1. The molecule has 0 spiro atoms. The number of hydrogen-bond acceptors (Lipinski definition) is 6. The Kier molecular flexibility index (Phi) is 8.72. The summed E-state index contributed by atoms with van der Waals surface area (Å²) in [5.41, 5.74) is 4.06. The smallest absolute Gasteiger partial charge is 0.256 e. The molecule has 1 fully saturated rings. The van der Waals surface area contributed by atoms with E-state index in [9.17, 15) is 14.3 Å². The van der Waals surface area contributed by atoms with Crippen molar-refractivity contribution in [1.29, 1.82) is 0 Å². The van der Waals surface area contributed by atoms with Crippen molar-refractivity contribution in [3.05, 3.63) is 59.2 Å². The molecule has 0 aliphatic carbocycles. The number of nitrogens with one attached hydrogen (secondary N) is 1. The van der Waals surface area contributed by atoms with E-state index in [1.54, 1.807) is 17.0 Å². The molecule has 3 atom stereocenters. The number of β-amino-alcohol motifs (C(OH)–C–C–N with tert-alkyl or cyclic N) is 1. The number of anilines is 1. The molecule has 5 rings (SSSR count). The molecule has 0 bridgehead atoms. The van der Waals surface area contributed by atoms with Gasteiger partial charge >= 0.3 is 0 Å². The summed E-state index contributed by atoms with van der Waals surface area (Å²) in [5, 5.41) is 13.9. The minimum Gasteiger partial charge on any atom is -0.487 e. The monoisotopic (exact) mass is 518 g/mol. The minimum atomic E-state index is -1.05. The van der Waals surface area contributed by atoms with E-state index in [1.807, 2.05) is 18.0 Å². The highest BCUT2D eigenvalue weighted by molar-refractivity contribution is 6.00. The molecule has 9 heteroatoms. The van der Waals surface area contributed by atoms with Gasteiger partial charge in [-0.2, -0.15) is 0 Å². The first-order valence-corrected chi connectivity index (χ1v) is 12.6. The Morgan fingerprint density at radius 2 is 1.94 bits per heavy atom. The minimum absolute atomic E-state index is 0. The summed E-state index contributed by atoms with van der Waals surface area (Å²) in [4.78, 5) is 19.4. The van der Waals surface area contributed by atoms with Crippen molar-refractivity contribution in [2.45, 2.75) is 37.8 Å². The number of aliphatic hydroxyl groups is 1. The van der Waals surface area contributed by atoms with Crippen LogP contribution >= 0.6 is 12.4 Å². The molecule has 7 nitrogen and oxygen atoms in total. The molecule has 0 radical (unpaired) electrons. The molecule has 36 heavy (non-hydrogen) atoms. The number of halogens is 2. The van der Waals surface area contributed by atoms with Crippen LogP contribution in [0.5, 0.6) is 5.75 Å². The van der Waals surface area contributed by atoms with Crippen LogP contribution in [0, 0.1) is 0 Å². The van der Waals surface area contributed by atoms with Gasteiger partial charge in [-0.25, -0.2) is 4.39 Å². The number of piperidine rings is 1. The van der Waals surface area contributed by atoms with Gasteiger partial charge in [0.2, 0.25) is 0 Å². The number of amides is 1. The molecule has 2 N–H and O–H groups in total. The topological polar surface area (TPSA) is 68.3 Å². The van der Waals surface area contributed by atoms with Crippen LogP contribution < -0.4 is 15.0 Å². The Morgan fingerprint density at radius 1 is 1.14 bits per heavy atom. The van der Waals surface area contributed by atoms with Crippen molar-refractivity contribution >= 4 is 24.0 Å². The van der Waals surface area contributed by atoms with Crippen LogP contribution in [0.4, 0.5) is 10.1 Å². The number of likely N-dealkylation sites (N-methyl/N-ethyl adjacent to an activating group) is 1. The Labute approximate surface area is 218 Å². The van der Waals surface area contributed by atoms with E-state index in [0.717, 1.165) is 31.7 Å². The summed E-state index contributed by atoms with van der Waals surface area (Å²) in [5.74, 6) is 0.487. The number of rotatable bonds is 6. The first-order chi connectivity index (χ1) is 17.0. The Bertz CT molecular complexity index is 1060. The maximum Gasteiger partial charge on any atom is 0.256 e. The van der Waals surface area contributed by atoms with Crippen molar-refractivity contribution in [2.75, 3.05) is 57.8 Å². The van der Waals surface area contributed by atoms with Crippen molar-refractivity contribution in [3.63, 3.8) is 0 Å². The average molecular weight is 519 g/mol. The second-order valence-corrected chi connectivity index (χ2v) is 9.92. The highest BCUT2D eigenvalue weighted by Crippen LogP contribution is 2.30. The predicted octanol–water partition coefficient (Wildman–Crippen LogP) is 2.50. The zero-order chi connectivity index (χ0) is 24.4. The van der Waals surface area contributed by atoms with E-state index in [-0.39, 0.29) is 18.3 Å². The Balaban J connectivity index is 0.00000304. The zero-order valence-electron chi connectivity index (χ0n) is 20.7. The Morgan fingerprint density at radius 3 is 2.75 bits per heavy atom. The second-order valence-electron chi connectivity index (χ2n) is 9.92. The SMILES string of the molecule is CN1CCN(C[C@H](O)CN2CCc3ccccc3C2)C(=O)c2ccc(OC3CCNCC3F)cc21.Cl. The van der Waals surface area contributed by atoms with Crippen LogP contribution in [-0.4, -0.2) is 92.1 Å². The molecular formula is C27H36ClFN4O3. The lowest BCUT2D eigenvalue weighted by atomic mass is 10.00. The van der Waals surface area contributed by atoms with Gasteiger partial charge in [-0.05, 0) is 42.6 Å². The van der Waals surface area contributed by atoms with Crippen LogP contribution in [0.25, 0.3) is 0 Å². The number of carbonyl (C=O) groups excluding carboxylic acids is 1. The van der Waals surface area contributed by atoms with Crippen molar-refractivity contribution in [2.24, 2.45) is 0 Å². The Hall–Kier alpha value is -2.39.